The maximum Gasteiger partial charge on any atom is 0.472 e. The lowest BCUT2D eigenvalue weighted by Crippen LogP contribution is -2.30. The molecule has 0 heterocycles. The molecule has 0 fully saturated rings. The van der Waals surface area contributed by atoms with Gasteiger partial charge in [0.25, 0.3) is 0 Å². The summed E-state index contributed by atoms with van der Waals surface area (Å²) in [5, 5.41) is 10.7. The van der Waals surface area contributed by atoms with E-state index in [1.165, 1.54) is 257 Å². The van der Waals surface area contributed by atoms with E-state index < -0.39 is 97.5 Å². The molecule has 0 aromatic carbocycles. The van der Waals surface area contributed by atoms with Crippen molar-refractivity contribution in [3.63, 3.8) is 0 Å². The Kier molecular flexibility index (Phi) is 74.1. The number of phosphoric ester groups is 2. The first-order valence-electron chi connectivity index (χ1n) is 43.5. The van der Waals surface area contributed by atoms with Crippen LogP contribution in [0.1, 0.15) is 446 Å². The lowest BCUT2D eigenvalue weighted by molar-refractivity contribution is -0.161. The van der Waals surface area contributed by atoms with Gasteiger partial charge in [0.05, 0.1) is 26.4 Å². The number of hydrogen-bond donors (Lipinski definition) is 3. The van der Waals surface area contributed by atoms with E-state index in [0.717, 1.165) is 108 Å². The normalized spacial score (nSPS) is 14.1. The second kappa shape index (κ2) is 75.5. The Balaban J connectivity index is 5.23. The van der Waals surface area contributed by atoms with Gasteiger partial charge in [0.2, 0.25) is 0 Å². The fourth-order valence-electron chi connectivity index (χ4n) is 13.0. The molecule has 0 aromatic heterocycles. The fourth-order valence-corrected chi connectivity index (χ4v) is 14.6. The molecular weight excluding hydrogens is 1340 g/mol. The van der Waals surface area contributed by atoms with Gasteiger partial charge in [-0.2, -0.15) is 0 Å². The molecule has 17 nitrogen and oxygen atoms in total. The second-order valence-corrected chi connectivity index (χ2v) is 33.8. The Hall–Kier alpha value is -1.94. The highest BCUT2D eigenvalue weighted by molar-refractivity contribution is 7.47. The van der Waals surface area contributed by atoms with Crippen LogP contribution in [0.3, 0.4) is 0 Å². The fraction of sp³-hybridized carbons (Fsp3) is 0.952. The molecule has 6 atom stereocenters. The van der Waals surface area contributed by atoms with E-state index >= 15 is 0 Å². The van der Waals surface area contributed by atoms with Gasteiger partial charge in [-0.05, 0) is 37.5 Å². The van der Waals surface area contributed by atoms with Gasteiger partial charge in [0.15, 0.2) is 12.2 Å². The van der Waals surface area contributed by atoms with Gasteiger partial charge in [-0.3, -0.25) is 37.3 Å². The van der Waals surface area contributed by atoms with Crippen LogP contribution in [0, 0.1) is 11.8 Å². The first-order chi connectivity index (χ1) is 49.9. The zero-order valence-electron chi connectivity index (χ0n) is 67.6. The van der Waals surface area contributed by atoms with E-state index in [9.17, 15) is 43.2 Å². The Labute approximate surface area is 632 Å². The maximum absolute atomic E-state index is 13.1. The third-order valence-corrected chi connectivity index (χ3v) is 22.0. The molecule has 0 saturated carbocycles. The number of carbonyl (C=O) groups is 4. The average Bonchev–Trinajstić information content (AvgIpc) is 0.917. The average molecular weight is 1510 g/mol. The van der Waals surface area contributed by atoms with Crippen LogP contribution in [-0.4, -0.2) is 96.7 Å². The van der Waals surface area contributed by atoms with E-state index in [4.69, 9.17) is 37.0 Å². The van der Waals surface area contributed by atoms with Crippen LogP contribution in [-0.2, 0) is 65.4 Å². The largest absolute Gasteiger partial charge is 0.472 e. The van der Waals surface area contributed by atoms with Crippen molar-refractivity contribution in [2.24, 2.45) is 11.8 Å². The molecule has 3 unspecified atom stereocenters. The molecule has 0 aliphatic carbocycles. The number of phosphoric acid groups is 2. The zero-order valence-corrected chi connectivity index (χ0v) is 69.4. The molecule has 612 valence electrons. The summed E-state index contributed by atoms with van der Waals surface area (Å²) in [6, 6.07) is 0. The van der Waals surface area contributed by atoms with Crippen LogP contribution in [0.4, 0.5) is 0 Å². The summed E-state index contributed by atoms with van der Waals surface area (Å²) in [5.41, 5.74) is 0. The van der Waals surface area contributed by atoms with Crippen molar-refractivity contribution in [2.45, 2.75) is 464 Å². The van der Waals surface area contributed by atoms with Crippen LogP contribution >= 0.6 is 15.6 Å². The predicted molar refractivity (Wildman–Crippen MR) is 423 cm³/mol. The summed E-state index contributed by atoms with van der Waals surface area (Å²) in [6.45, 7) is 9.61. The number of ether oxygens (including phenoxy) is 4. The van der Waals surface area contributed by atoms with Crippen molar-refractivity contribution in [2.75, 3.05) is 39.6 Å². The minimum Gasteiger partial charge on any atom is -0.462 e. The van der Waals surface area contributed by atoms with Crippen molar-refractivity contribution in [3.8, 4) is 0 Å². The number of aliphatic hydroxyl groups excluding tert-OH is 1. The minimum absolute atomic E-state index is 0.106. The highest BCUT2D eigenvalue weighted by atomic mass is 31.2. The first kappa shape index (κ1) is 101. The van der Waals surface area contributed by atoms with Gasteiger partial charge >= 0.3 is 39.5 Å². The third kappa shape index (κ3) is 76.6. The number of esters is 4. The van der Waals surface area contributed by atoms with Crippen LogP contribution in [0.15, 0.2) is 0 Å². The van der Waals surface area contributed by atoms with E-state index in [2.05, 4.69) is 41.5 Å². The minimum atomic E-state index is -4.96. The van der Waals surface area contributed by atoms with Gasteiger partial charge in [0.1, 0.15) is 19.3 Å². The van der Waals surface area contributed by atoms with Crippen molar-refractivity contribution < 1.29 is 80.2 Å². The Bertz CT molecular complexity index is 1980. The molecule has 0 aliphatic heterocycles. The molecule has 0 spiro atoms. The van der Waals surface area contributed by atoms with E-state index in [-0.39, 0.29) is 25.7 Å². The molecule has 19 heteroatoms. The summed E-state index contributed by atoms with van der Waals surface area (Å²) >= 11 is 0. The lowest BCUT2D eigenvalue weighted by Gasteiger charge is -2.21. The molecule has 0 amide bonds. The highest BCUT2D eigenvalue weighted by Gasteiger charge is 2.30. The number of carbonyl (C=O) groups excluding carboxylic acids is 4. The molecule has 3 N–H and O–H groups in total. The molecule has 0 bridgehead atoms. The van der Waals surface area contributed by atoms with Crippen LogP contribution in [0.25, 0.3) is 0 Å². The molecular formula is C84H164O17P2. The van der Waals surface area contributed by atoms with E-state index in [1.807, 2.05) is 0 Å². The predicted octanol–water partition coefficient (Wildman–Crippen LogP) is 25.5. The monoisotopic (exact) mass is 1510 g/mol. The van der Waals surface area contributed by atoms with Crippen molar-refractivity contribution in [1.82, 2.24) is 0 Å². The van der Waals surface area contributed by atoms with Crippen molar-refractivity contribution in [1.29, 1.82) is 0 Å². The summed E-state index contributed by atoms with van der Waals surface area (Å²) in [7, 11) is -9.92. The SMILES string of the molecule is CCCCCCCCCCCCCCCCCCCCCCC(=O)O[C@H](COC(=O)CCCCCCCCCCCCCCCCCCCCC)COP(=O)(O)OC[C@@H](O)COP(=O)(O)OC[C@@H](COC(=O)CCCCCCCCC(C)CC)OC(=O)CCCCCCCCCCCCCC(C)C. The van der Waals surface area contributed by atoms with Gasteiger partial charge < -0.3 is 33.8 Å². The van der Waals surface area contributed by atoms with Crippen molar-refractivity contribution in [3.05, 3.63) is 0 Å². The molecule has 103 heavy (non-hydrogen) atoms. The molecule has 0 aromatic rings. The zero-order chi connectivity index (χ0) is 75.6. The van der Waals surface area contributed by atoms with Crippen LogP contribution < -0.4 is 0 Å². The van der Waals surface area contributed by atoms with Gasteiger partial charge in [-0.15, -0.1) is 0 Å². The molecule has 0 radical (unpaired) electrons. The van der Waals surface area contributed by atoms with Crippen LogP contribution in [0.5, 0.6) is 0 Å². The molecule has 0 rings (SSSR count). The van der Waals surface area contributed by atoms with Crippen LogP contribution in [0.2, 0.25) is 0 Å². The van der Waals surface area contributed by atoms with Gasteiger partial charge in [0, 0.05) is 25.7 Å². The summed E-state index contributed by atoms with van der Waals surface area (Å²) in [6.07, 6.45) is 66.8. The second-order valence-electron chi connectivity index (χ2n) is 30.9. The van der Waals surface area contributed by atoms with E-state index in [0.29, 0.717) is 25.7 Å². The van der Waals surface area contributed by atoms with E-state index in [1.54, 1.807) is 0 Å². The number of hydrogen-bond acceptors (Lipinski definition) is 15. The smallest absolute Gasteiger partial charge is 0.462 e. The molecule has 0 saturated heterocycles. The standard InChI is InChI=1S/C84H164O17P2/c1-7-10-12-14-16-18-20-22-24-26-28-30-32-34-36-40-44-48-56-62-68-83(88)100-79(72-94-81(86)66-60-54-47-43-39-35-33-31-29-27-25-23-21-19-17-15-13-11-8-2)74-98-102(90,91)96-70-78(85)71-97-103(92,93)99-75-80(73-95-82(87)67-61-55-51-50-53-59-65-77(6)9-3)101-84(89)69-63-57-49-45-41-37-38-42-46-52-58-64-76(4)5/h76-80,85H,7-75H2,1-6H3,(H,90,91)(H,92,93)/t77?,78-,79-,80-/m1/s1. The number of rotatable bonds is 83. The summed E-state index contributed by atoms with van der Waals surface area (Å²) in [4.78, 5) is 73.1. The lowest BCUT2D eigenvalue weighted by atomic mass is 10.00. The number of unbranched alkanes of at least 4 members (excludes halogenated alkanes) is 52. The Morgan fingerprint density at radius 3 is 0.738 bits per heavy atom. The van der Waals surface area contributed by atoms with Crippen molar-refractivity contribution >= 4 is 39.5 Å². The van der Waals surface area contributed by atoms with Gasteiger partial charge in [-0.25, -0.2) is 9.13 Å². The molecule has 0 aliphatic rings. The Morgan fingerprint density at radius 1 is 0.282 bits per heavy atom. The Morgan fingerprint density at radius 2 is 0.495 bits per heavy atom. The maximum atomic E-state index is 13.1. The number of aliphatic hydroxyl groups is 1. The summed E-state index contributed by atoms with van der Waals surface area (Å²) in [5.74, 6) is -0.611. The quantitative estimate of drug-likeness (QED) is 0.0222. The van der Waals surface area contributed by atoms with Gasteiger partial charge in [-0.1, -0.05) is 395 Å². The highest BCUT2D eigenvalue weighted by Crippen LogP contribution is 2.45. The third-order valence-electron chi connectivity index (χ3n) is 20.1. The summed E-state index contributed by atoms with van der Waals surface area (Å²) < 4.78 is 68.8. The topological polar surface area (TPSA) is 237 Å². The first-order valence-corrected chi connectivity index (χ1v) is 46.5.